The van der Waals surface area contributed by atoms with Crippen LogP contribution in [0.5, 0.6) is 11.5 Å². The van der Waals surface area contributed by atoms with Crippen LogP contribution in [0.1, 0.15) is 35.0 Å². The highest BCUT2D eigenvalue weighted by Crippen LogP contribution is 2.51. The van der Waals surface area contributed by atoms with Crippen molar-refractivity contribution in [1.29, 1.82) is 0 Å². The van der Waals surface area contributed by atoms with E-state index in [2.05, 4.69) is 10.3 Å². The molecule has 2 aromatic carbocycles. The van der Waals surface area contributed by atoms with Gasteiger partial charge in [-0.15, -0.1) is 0 Å². The number of nitrogens with one attached hydrogen (secondary N) is 1. The zero-order valence-corrected chi connectivity index (χ0v) is 18.7. The van der Waals surface area contributed by atoms with E-state index in [1.54, 1.807) is 31.2 Å². The zero-order valence-electron chi connectivity index (χ0n) is 17.1. The number of amides is 1. The fourth-order valence-electron chi connectivity index (χ4n) is 3.69. The maximum atomic E-state index is 13.2. The van der Waals surface area contributed by atoms with Gasteiger partial charge in [0.2, 0.25) is 12.7 Å². The van der Waals surface area contributed by atoms with Crippen LogP contribution in [-0.4, -0.2) is 30.3 Å². The summed E-state index contributed by atoms with van der Waals surface area (Å²) in [6.07, 6.45) is 1.44. The topological polar surface area (TPSA) is 86.8 Å². The monoisotopic (exact) mass is 470 g/mol. The Morgan fingerprint density at radius 2 is 1.91 bits per heavy atom. The van der Waals surface area contributed by atoms with Crippen molar-refractivity contribution in [2.45, 2.75) is 25.2 Å². The minimum atomic E-state index is -0.642. The molecular weight excluding hydrogens is 452 g/mol. The smallest absolute Gasteiger partial charge is 0.350 e. The van der Waals surface area contributed by atoms with Crippen molar-refractivity contribution in [3.05, 3.63) is 57.9 Å². The third kappa shape index (κ3) is 3.69. The molecule has 0 unspecified atom stereocenters. The summed E-state index contributed by atoms with van der Waals surface area (Å²) in [5, 5.41) is 3.83. The SMILES string of the molecule is CCOC(=O)c1sc(NC(=O)C2(c3ccc4c(c3)OCO4)CC2)nc1-c1ccc(Cl)cc1. The third-order valence-electron chi connectivity index (χ3n) is 5.54. The van der Waals surface area contributed by atoms with E-state index in [-0.39, 0.29) is 19.3 Å². The van der Waals surface area contributed by atoms with E-state index < -0.39 is 11.4 Å². The molecule has 32 heavy (non-hydrogen) atoms. The van der Waals surface area contributed by atoms with E-state index in [9.17, 15) is 9.59 Å². The Morgan fingerprint density at radius 3 is 2.62 bits per heavy atom. The average Bonchev–Trinajstić information content (AvgIpc) is 3.28. The second-order valence-corrected chi connectivity index (χ2v) is 8.96. The van der Waals surface area contributed by atoms with Gasteiger partial charge in [-0.25, -0.2) is 9.78 Å². The van der Waals surface area contributed by atoms with Gasteiger partial charge in [0.05, 0.1) is 17.7 Å². The van der Waals surface area contributed by atoms with Crippen LogP contribution in [-0.2, 0) is 14.9 Å². The number of hydrogen-bond donors (Lipinski definition) is 1. The molecule has 0 bridgehead atoms. The van der Waals surface area contributed by atoms with Gasteiger partial charge in [-0.05, 0) is 49.6 Å². The Kier molecular flexibility index (Phi) is 5.27. The average molecular weight is 471 g/mol. The van der Waals surface area contributed by atoms with Gasteiger partial charge in [0, 0.05) is 10.6 Å². The van der Waals surface area contributed by atoms with Gasteiger partial charge in [0.1, 0.15) is 4.88 Å². The van der Waals surface area contributed by atoms with Gasteiger partial charge in [-0.1, -0.05) is 41.1 Å². The normalized spacial score (nSPS) is 15.3. The van der Waals surface area contributed by atoms with Gasteiger partial charge in [0.25, 0.3) is 0 Å². The van der Waals surface area contributed by atoms with Crippen molar-refractivity contribution in [2.24, 2.45) is 0 Å². The molecule has 5 rings (SSSR count). The molecule has 0 spiro atoms. The molecule has 1 amide bonds. The van der Waals surface area contributed by atoms with Gasteiger partial charge in [-0.3, -0.25) is 4.79 Å². The Hall–Kier alpha value is -3.10. The number of rotatable bonds is 6. The van der Waals surface area contributed by atoms with Crippen LogP contribution in [0.2, 0.25) is 5.02 Å². The first kappa shape index (κ1) is 20.8. The predicted octanol–water partition coefficient (Wildman–Crippen LogP) is 5.04. The van der Waals surface area contributed by atoms with Crippen molar-refractivity contribution in [1.82, 2.24) is 4.98 Å². The number of benzene rings is 2. The van der Waals surface area contributed by atoms with E-state index in [0.29, 0.717) is 37.8 Å². The maximum absolute atomic E-state index is 13.2. The van der Waals surface area contributed by atoms with Gasteiger partial charge in [-0.2, -0.15) is 0 Å². The van der Waals surface area contributed by atoms with Crippen molar-refractivity contribution in [2.75, 3.05) is 18.7 Å². The van der Waals surface area contributed by atoms with Crippen LogP contribution >= 0.6 is 22.9 Å². The summed E-state index contributed by atoms with van der Waals surface area (Å²) in [5.41, 5.74) is 1.40. The number of esters is 1. The molecule has 0 atom stereocenters. The molecule has 0 radical (unpaired) electrons. The standard InChI is InChI=1S/C23H19ClN2O5S/c1-2-29-20(27)19-18(13-3-6-15(24)7-4-13)25-22(32-19)26-21(28)23(9-10-23)14-5-8-16-17(11-14)31-12-30-16/h3-8,11H,2,9-10,12H2,1H3,(H,25,26,28). The summed E-state index contributed by atoms with van der Waals surface area (Å²) in [6, 6.07) is 12.6. The number of carbonyl (C=O) groups excluding carboxylic acids is 2. The highest BCUT2D eigenvalue weighted by atomic mass is 35.5. The molecule has 0 saturated heterocycles. The number of hydrogen-bond acceptors (Lipinski definition) is 7. The van der Waals surface area contributed by atoms with Crippen LogP contribution in [0.25, 0.3) is 11.3 Å². The molecule has 2 aliphatic rings. The van der Waals surface area contributed by atoms with Gasteiger partial charge < -0.3 is 19.5 Å². The lowest BCUT2D eigenvalue weighted by atomic mass is 9.94. The lowest BCUT2D eigenvalue weighted by Crippen LogP contribution is -2.27. The van der Waals surface area contributed by atoms with Crippen molar-refractivity contribution in [3.63, 3.8) is 0 Å². The lowest BCUT2D eigenvalue weighted by molar-refractivity contribution is -0.118. The van der Waals surface area contributed by atoms with Crippen molar-refractivity contribution in [3.8, 4) is 22.8 Å². The van der Waals surface area contributed by atoms with Crippen LogP contribution in [0.3, 0.4) is 0 Å². The molecule has 1 aliphatic heterocycles. The van der Waals surface area contributed by atoms with E-state index >= 15 is 0 Å². The quantitative estimate of drug-likeness (QED) is 0.508. The Labute approximate surface area is 193 Å². The zero-order chi connectivity index (χ0) is 22.3. The first-order valence-electron chi connectivity index (χ1n) is 10.2. The first-order valence-corrected chi connectivity index (χ1v) is 11.3. The fourth-order valence-corrected chi connectivity index (χ4v) is 4.70. The second-order valence-electron chi connectivity index (χ2n) is 7.53. The number of halogens is 1. The second kappa shape index (κ2) is 8.11. The highest BCUT2D eigenvalue weighted by Gasteiger charge is 2.52. The molecule has 7 nitrogen and oxygen atoms in total. The van der Waals surface area contributed by atoms with Crippen LogP contribution in [0.4, 0.5) is 5.13 Å². The molecular formula is C23H19ClN2O5S. The Morgan fingerprint density at radius 1 is 1.16 bits per heavy atom. The fraction of sp³-hybridized carbons (Fsp3) is 0.261. The minimum Gasteiger partial charge on any atom is -0.462 e. The number of ether oxygens (including phenoxy) is 3. The summed E-state index contributed by atoms with van der Waals surface area (Å²) in [6.45, 7) is 2.17. The molecule has 1 aromatic heterocycles. The van der Waals surface area contributed by atoms with E-state index in [0.717, 1.165) is 29.7 Å². The maximum Gasteiger partial charge on any atom is 0.350 e. The van der Waals surface area contributed by atoms with Crippen molar-refractivity contribution >= 4 is 39.9 Å². The molecule has 1 aliphatic carbocycles. The predicted molar refractivity (Wildman–Crippen MR) is 121 cm³/mol. The Balaban J connectivity index is 1.43. The van der Waals surface area contributed by atoms with E-state index in [4.69, 9.17) is 25.8 Å². The van der Waals surface area contributed by atoms with Gasteiger partial charge in [0.15, 0.2) is 16.6 Å². The molecule has 2 heterocycles. The van der Waals surface area contributed by atoms with Crippen LogP contribution < -0.4 is 14.8 Å². The first-order chi connectivity index (χ1) is 15.5. The minimum absolute atomic E-state index is 0.164. The number of carbonyl (C=O) groups is 2. The summed E-state index contributed by atoms with van der Waals surface area (Å²) in [7, 11) is 0. The summed E-state index contributed by atoms with van der Waals surface area (Å²) in [5.74, 6) is 0.678. The molecule has 1 saturated carbocycles. The van der Waals surface area contributed by atoms with E-state index in [1.807, 2.05) is 18.2 Å². The molecule has 1 fully saturated rings. The lowest BCUT2D eigenvalue weighted by Gasteiger charge is -2.15. The number of nitrogens with zero attached hydrogens (tertiary/aromatic N) is 1. The third-order valence-corrected chi connectivity index (χ3v) is 6.74. The molecule has 3 aromatic rings. The van der Waals surface area contributed by atoms with E-state index in [1.165, 1.54) is 0 Å². The van der Waals surface area contributed by atoms with Crippen molar-refractivity contribution < 1.29 is 23.8 Å². The molecule has 164 valence electrons. The number of thiazole rings is 1. The van der Waals surface area contributed by atoms with Crippen LogP contribution in [0, 0.1) is 0 Å². The van der Waals surface area contributed by atoms with Crippen LogP contribution in [0.15, 0.2) is 42.5 Å². The van der Waals surface area contributed by atoms with Gasteiger partial charge >= 0.3 is 5.97 Å². The number of aromatic nitrogens is 1. The summed E-state index contributed by atoms with van der Waals surface area (Å²) in [4.78, 5) is 30.6. The highest BCUT2D eigenvalue weighted by molar-refractivity contribution is 7.18. The largest absolute Gasteiger partial charge is 0.462 e. The summed E-state index contributed by atoms with van der Waals surface area (Å²) < 4.78 is 16.0. The molecule has 9 heteroatoms. The number of fused-ring (bicyclic) bond motifs is 1. The summed E-state index contributed by atoms with van der Waals surface area (Å²) >= 11 is 7.09. The Bertz CT molecular complexity index is 1200. The number of anilines is 1. The molecule has 1 N–H and O–H groups in total.